The van der Waals surface area contributed by atoms with Crippen LogP contribution in [0.4, 0.5) is 0 Å². The molecule has 1 atom stereocenters. The van der Waals surface area contributed by atoms with Crippen LogP contribution >= 0.6 is 15.9 Å². The number of aryl methyl sites for hydroxylation is 1. The third kappa shape index (κ3) is 2.87. The molecule has 0 saturated heterocycles. The molecule has 1 aliphatic rings. The largest absolute Gasteiger partial charge is 0.440 e. The summed E-state index contributed by atoms with van der Waals surface area (Å²) in [6, 6.07) is 2.60. The zero-order chi connectivity index (χ0) is 15.0. The smallest absolute Gasteiger partial charge is 0.192 e. The Kier molecular flexibility index (Phi) is 4.33. The van der Waals surface area contributed by atoms with Crippen molar-refractivity contribution in [3.05, 3.63) is 27.6 Å². The molecule has 0 saturated carbocycles. The number of aliphatic hydroxyl groups is 1. The van der Waals surface area contributed by atoms with Crippen molar-refractivity contribution in [2.45, 2.75) is 39.2 Å². The molecule has 21 heavy (non-hydrogen) atoms. The quantitative estimate of drug-likeness (QED) is 0.922. The fourth-order valence-corrected chi connectivity index (χ4v) is 3.90. The van der Waals surface area contributed by atoms with E-state index in [9.17, 15) is 0 Å². The summed E-state index contributed by atoms with van der Waals surface area (Å²) in [5.41, 5.74) is 4.51. The van der Waals surface area contributed by atoms with Gasteiger partial charge in [0.05, 0.1) is 4.47 Å². The number of oxazole rings is 1. The van der Waals surface area contributed by atoms with Gasteiger partial charge in [-0.25, -0.2) is 4.98 Å². The number of nitrogens with zero attached hydrogens (tertiary/aromatic N) is 2. The third-order valence-corrected chi connectivity index (χ3v) is 5.25. The van der Waals surface area contributed by atoms with E-state index in [1.807, 2.05) is 6.92 Å². The number of benzene rings is 1. The van der Waals surface area contributed by atoms with Crippen LogP contribution in [0.25, 0.3) is 11.1 Å². The molecule has 0 amide bonds. The Labute approximate surface area is 133 Å². The van der Waals surface area contributed by atoms with Crippen molar-refractivity contribution >= 4 is 27.0 Å². The van der Waals surface area contributed by atoms with Crippen LogP contribution in [-0.4, -0.2) is 40.7 Å². The average molecular weight is 353 g/mol. The van der Waals surface area contributed by atoms with Crippen LogP contribution in [-0.2, 0) is 12.8 Å². The van der Waals surface area contributed by atoms with E-state index in [2.05, 4.69) is 38.8 Å². The van der Waals surface area contributed by atoms with Crippen LogP contribution in [0.3, 0.4) is 0 Å². The molecule has 1 aromatic heterocycles. The summed E-state index contributed by atoms with van der Waals surface area (Å²) < 4.78 is 6.78. The lowest BCUT2D eigenvalue weighted by Crippen LogP contribution is -2.35. The van der Waals surface area contributed by atoms with Crippen LogP contribution in [0.1, 0.15) is 30.4 Å². The first-order valence-electron chi connectivity index (χ1n) is 7.52. The molecule has 2 aromatic rings. The van der Waals surface area contributed by atoms with Gasteiger partial charge in [0.1, 0.15) is 5.52 Å². The summed E-state index contributed by atoms with van der Waals surface area (Å²) in [5.74, 6) is 0.712. The Bertz CT molecular complexity index is 653. The SMILES string of the molecule is Cc1nc2cc3c(c(Br)c2o1)CCN(C(C)CCO)CC3. The van der Waals surface area contributed by atoms with Crippen molar-refractivity contribution in [2.24, 2.45) is 0 Å². The molecule has 5 heteroatoms. The fourth-order valence-electron chi connectivity index (χ4n) is 3.16. The summed E-state index contributed by atoms with van der Waals surface area (Å²) in [5, 5.41) is 9.13. The normalized spacial score (nSPS) is 17.7. The Morgan fingerprint density at radius 2 is 2.19 bits per heavy atom. The molecule has 1 unspecified atom stereocenters. The summed E-state index contributed by atoms with van der Waals surface area (Å²) in [6.07, 6.45) is 2.85. The standard InChI is InChI=1S/C16H21BrN2O2/c1-10(5-8-20)19-6-3-12-9-14-16(21-11(2)18-14)15(17)13(12)4-7-19/h9-10,20H,3-8H2,1-2H3. The zero-order valence-corrected chi connectivity index (χ0v) is 14.1. The first-order valence-corrected chi connectivity index (χ1v) is 8.31. The number of hydrogen-bond acceptors (Lipinski definition) is 4. The maximum Gasteiger partial charge on any atom is 0.192 e. The first kappa shape index (κ1) is 15.0. The molecular formula is C16H21BrN2O2. The van der Waals surface area contributed by atoms with Gasteiger partial charge >= 0.3 is 0 Å². The lowest BCUT2D eigenvalue weighted by molar-refractivity contribution is 0.173. The van der Waals surface area contributed by atoms with E-state index in [-0.39, 0.29) is 6.61 Å². The second kappa shape index (κ2) is 6.07. The van der Waals surface area contributed by atoms with E-state index in [0.717, 1.165) is 47.9 Å². The van der Waals surface area contributed by atoms with Gasteiger partial charge in [0.2, 0.25) is 0 Å². The third-order valence-electron chi connectivity index (χ3n) is 4.41. The Morgan fingerprint density at radius 1 is 1.43 bits per heavy atom. The summed E-state index contributed by atoms with van der Waals surface area (Å²) in [4.78, 5) is 6.91. The average Bonchev–Trinajstić information content (AvgIpc) is 2.68. The van der Waals surface area contributed by atoms with Crippen LogP contribution < -0.4 is 0 Å². The second-order valence-electron chi connectivity index (χ2n) is 5.81. The van der Waals surface area contributed by atoms with Gasteiger partial charge in [-0.15, -0.1) is 0 Å². The number of aliphatic hydroxyl groups excluding tert-OH is 1. The van der Waals surface area contributed by atoms with Crippen molar-refractivity contribution in [1.82, 2.24) is 9.88 Å². The minimum absolute atomic E-state index is 0.254. The van der Waals surface area contributed by atoms with Crippen molar-refractivity contribution in [1.29, 1.82) is 0 Å². The maximum absolute atomic E-state index is 9.13. The molecule has 0 radical (unpaired) electrons. The minimum Gasteiger partial charge on any atom is -0.440 e. The van der Waals surface area contributed by atoms with Gasteiger partial charge in [-0.3, -0.25) is 4.90 Å². The highest BCUT2D eigenvalue weighted by Gasteiger charge is 2.22. The van der Waals surface area contributed by atoms with E-state index in [4.69, 9.17) is 9.52 Å². The number of halogens is 1. The minimum atomic E-state index is 0.254. The predicted molar refractivity (Wildman–Crippen MR) is 86.6 cm³/mol. The van der Waals surface area contributed by atoms with Gasteiger partial charge in [0, 0.05) is 32.7 Å². The highest BCUT2D eigenvalue weighted by atomic mass is 79.9. The van der Waals surface area contributed by atoms with Gasteiger partial charge in [0.15, 0.2) is 11.5 Å². The van der Waals surface area contributed by atoms with E-state index in [1.165, 1.54) is 11.1 Å². The van der Waals surface area contributed by atoms with Crippen LogP contribution in [0.15, 0.2) is 15.0 Å². The molecule has 0 fully saturated rings. The number of fused-ring (bicyclic) bond motifs is 2. The van der Waals surface area contributed by atoms with Gasteiger partial charge in [-0.05, 0) is 59.3 Å². The van der Waals surface area contributed by atoms with Gasteiger partial charge in [0.25, 0.3) is 0 Å². The molecule has 4 nitrogen and oxygen atoms in total. The summed E-state index contributed by atoms with van der Waals surface area (Å²) >= 11 is 3.71. The summed E-state index contributed by atoms with van der Waals surface area (Å²) in [6.45, 7) is 6.38. The van der Waals surface area contributed by atoms with Crippen molar-refractivity contribution < 1.29 is 9.52 Å². The van der Waals surface area contributed by atoms with E-state index < -0.39 is 0 Å². The van der Waals surface area contributed by atoms with Gasteiger partial charge < -0.3 is 9.52 Å². The molecule has 0 aliphatic carbocycles. The number of rotatable bonds is 3. The molecule has 2 heterocycles. The molecule has 0 spiro atoms. The number of aromatic nitrogens is 1. The topological polar surface area (TPSA) is 49.5 Å². The second-order valence-corrected chi connectivity index (χ2v) is 6.60. The van der Waals surface area contributed by atoms with Crippen molar-refractivity contribution in [2.75, 3.05) is 19.7 Å². The molecular weight excluding hydrogens is 332 g/mol. The predicted octanol–water partition coefficient (Wildman–Crippen LogP) is 3.07. The highest BCUT2D eigenvalue weighted by Crippen LogP contribution is 2.33. The van der Waals surface area contributed by atoms with Gasteiger partial charge in [-0.1, -0.05) is 0 Å². The van der Waals surface area contributed by atoms with Crippen molar-refractivity contribution in [3.8, 4) is 0 Å². The Balaban J connectivity index is 1.91. The maximum atomic E-state index is 9.13. The van der Waals surface area contributed by atoms with E-state index in [0.29, 0.717) is 11.9 Å². The molecule has 0 bridgehead atoms. The molecule has 1 N–H and O–H groups in total. The van der Waals surface area contributed by atoms with Crippen LogP contribution in [0.5, 0.6) is 0 Å². The van der Waals surface area contributed by atoms with Crippen LogP contribution in [0.2, 0.25) is 0 Å². The first-order chi connectivity index (χ1) is 10.1. The lowest BCUT2D eigenvalue weighted by atomic mass is 10.0. The van der Waals surface area contributed by atoms with E-state index in [1.54, 1.807) is 0 Å². The lowest BCUT2D eigenvalue weighted by Gasteiger charge is -2.26. The molecule has 1 aliphatic heterocycles. The number of hydrogen-bond donors (Lipinski definition) is 1. The van der Waals surface area contributed by atoms with Crippen molar-refractivity contribution in [3.63, 3.8) is 0 Å². The zero-order valence-electron chi connectivity index (χ0n) is 12.5. The molecule has 3 rings (SSSR count). The Hall–Kier alpha value is -0.910. The van der Waals surface area contributed by atoms with Crippen LogP contribution in [0, 0.1) is 6.92 Å². The fraction of sp³-hybridized carbons (Fsp3) is 0.562. The van der Waals surface area contributed by atoms with Gasteiger partial charge in [-0.2, -0.15) is 0 Å². The highest BCUT2D eigenvalue weighted by molar-refractivity contribution is 9.10. The van der Waals surface area contributed by atoms with E-state index >= 15 is 0 Å². The molecule has 1 aromatic carbocycles. The molecule has 114 valence electrons. The Morgan fingerprint density at radius 3 is 2.95 bits per heavy atom. The monoisotopic (exact) mass is 352 g/mol. The summed E-state index contributed by atoms with van der Waals surface area (Å²) in [7, 11) is 0.